The van der Waals surface area contributed by atoms with Gasteiger partial charge in [0, 0.05) is 115 Å². The van der Waals surface area contributed by atoms with E-state index in [2.05, 4.69) is 53.3 Å². The number of nitrogens with zero attached hydrogens (tertiary/aromatic N) is 2. The van der Waals surface area contributed by atoms with Crippen LogP contribution in [-0.4, -0.2) is 166 Å². The number of ether oxygens (including phenoxy) is 1. The number of carbonyl (C=O) groups excluding carboxylic acids is 9. The normalized spacial score (nSPS) is 23.6. The SMILES string of the molecule is COc1ccc(C[C@@H]2NC(=O)CCNC(=O)[C@@H]3CCCN3C(=O)[C@H](Cc3c[nH]c4ccc(F)cc34)NC(=O)[C@H](Cc3cc4cc(F)ccc4[nH]3)NC(=O)[C@@H](C)NC(=O)[C@H](CCCCN)NC(=O)CCSCc3cccc(c3)CSCCNC(=O)[C@]3(C)CCCN3C2=O)cc1. The molecule has 0 unspecified atom stereocenters. The maximum absolute atomic E-state index is 15.2. The van der Waals surface area contributed by atoms with Crippen molar-refractivity contribution in [3.63, 3.8) is 0 Å². The molecule has 9 rings (SSSR count). The van der Waals surface area contributed by atoms with Crippen LogP contribution in [0.15, 0.2) is 97.2 Å². The molecule has 2 bridgehead atoms. The number of rotatable bonds is 11. The minimum absolute atomic E-state index is 0.0818. The first-order chi connectivity index (χ1) is 45.3. The Balaban J connectivity index is 0.982. The molecule has 9 amide bonds. The van der Waals surface area contributed by atoms with Gasteiger partial charge in [-0.15, -0.1) is 0 Å². The predicted molar refractivity (Wildman–Crippen MR) is 357 cm³/mol. The highest BCUT2D eigenvalue weighted by atomic mass is 32.2. The first-order valence-corrected chi connectivity index (χ1v) is 34.4. The first kappa shape index (κ1) is 69.8. The number of fused-ring (bicyclic) bond motifs is 6. The van der Waals surface area contributed by atoms with Crippen LogP contribution in [-0.2, 0) is 73.9 Å². The summed E-state index contributed by atoms with van der Waals surface area (Å²) in [6.07, 6.45) is 3.92. The second kappa shape index (κ2) is 33.1. The van der Waals surface area contributed by atoms with Gasteiger partial charge in [-0.1, -0.05) is 36.4 Å². The first-order valence-electron chi connectivity index (χ1n) is 32.1. The van der Waals surface area contributed by atoms with Crippen LogP contribution in [0, 0.1) is 11.6 Å². The van der Waals surface area contributed by atoms with Crippen LogP contribution in [0.2, 0.25) is 0 Å². The second-order valence-corrected chi connectivity index (χ2v) is 26.6. The number of H-pyrrole nitrogens is 2. The lowest BCUT2D eigenvalue weighted by molar-refractivity contribution is -0.146. The van der Waals surface area contributed by atoms with E-state index in [1.54, 1.807) is 71.9 Å². The molecule has 11 N–H and O–H groups in total. The van der Waals surface area contributed by atoms with E-state index in [0.717, 1.165) is 16.7 Å². The molecule has 0 aliphatic carbocycles. The average molecular weight is 1330 g/mol. The quantitative estimate of drug-likeness (QED) is 0.0756. The van der Waals surface area contributed by atoms with E-state index in [9.17, 15) is 42.3 Å². The molecular weight excluding hydrogens is 1250 g/mol. The fourth-order valence-corrected chi connectivity index (χ4v) is 14.0. The molecule has 3 aliphatic rings. The van der Waals surface area contributed by atoms with E-state index in [4.69, 9.17) is 10.5 Å². The standard InChI is InChI=1S/C68H84F2N12O10S2/c1-41-61(85)79-55(37-49-34-45-33-47(69)15-19-52(45)76-49)63(87)80-57(35-46-38-74-53-20-16-48(70)36-51(46)53)65(89)81-27-7-12-58(81)64(88)72-25-21-59(83)78-56(32-42-13-17-50(92-3)18-14-42)66(90)82-28-8-23-68(82,2)67(91)73-26-30-94-40-44-10-6-9-43(31-44)39-93-29-22-60(84)77-54(62(86)75-41)11-4-5-24-71/h6,9-10,13-20,31,33-34,36,38,41,54-58,74,76H,4-5,7-8,11-12,21-30,32,35,37,39-40,71H2,1-3H3,(H,72,88)(H,73,91)(H,75,86)(H,77,84)(H,78,83)(H,79,85)(H,80,87)/t41-,54+,55+,56+,57+,58+,68+/m1/s1. The molecule has 4 aromatic carbocycles. The number of aromatic nitrogens is 2. The summed E-state index contributed by atoms with van der Waals surface area (Å²) >= 11 is 3.20. The zero-order chi connectivity index (χ0) is 66.9. The van der Waals surface area contributed by atoms with Crippen molar-refractivity contribution in [2.75, 3.05) is 51.3 Å². The number of hydrogen-bond acceptors (Lipinski definition) is 13. The van der Waals surface area contributed by atoms with Gasteiger partial charge in [0.2, 0.25) is 53.2 Å². The van der Waals surface area contributed by atoms with E-state index in [-0.39, 0.29) is 76.4 Å². The summed E-state index contributed by atoms with van der Waals surface area (Å²) in [4.78, 5) is 139. The predicted octanol–water partition coefficient (Wildman–Crippen LogP) is 5.10. The lowest BCUT2D eigenvalue weighted by Crippen LogP contribution is -2.60. The molecule has 0 spiro atoms. The van der Waals surface area contributed by atoms with Crippen molar-refractivity contribution >= 4 is 98.5 Å². The Kier molecular flexibility index (Phi) is 24.6. The van der Waals surface area contributed by atoms with Crippen LogP contribution in [0.1, 0.15) is 99.6 Å². The van der Waals surface area contributed by atoms with E-state index in [0.29, 0.717) is 107 Å². The molecule has 94 heavy (non-hydrogen) atoms. The maximum atomic E-state index is 15.2. The Morgan fingerprint density at radius 1 is 0.649 bits per heavy atom. The molecule has 22 nitrogen and oxygen atoms in total. The Hall–Kier alpha value is -8.49. The number of nitrogens with two attached hydrogens (primary N) is 1. The van der Waals surface area contributed by atoms with Gasteiger partial charge in [-0.05, 0) is 142 Å². The van der Waals surface area contributed by atoms with Crippen molar-refractivity contribution < 1.29 is 56.7 Å². The number of aromatic amines is 2. The number of amides is 9. The third-order valence-electron chi connectivity index (χ3n) is 17.5. The molecule has 3 aliphatic heterocycles. The molecular formula is C68H84F2N12O10S2. The molecule has 2 saturated heterocycles. The van der Waals surface area contributed by atoms with Gasteiger partial charge in [0.05, 0.1) is 7.11 Å². The molecule has 6 aromatic rings. The number of methoxy groups -OCH3 is 1. The van der Waals surface area contributed by atoms with Crippen LogP contribution in [0.25, 0.3) is 21.8 Å². The number of benzene rings is 4. The van der Waals surface area contributed by atoms with E-state index < -0.39 is 94.8 Å². The summed E-state index contributed by atoms with van der Waals surface area (Å²) in [6, 6.07) is 17.6. The highest BCUT2D eigenvalue weighted by Crippen LogP contribution is 2.32. The fourth-order valence-electron chi connectivity index (χ4n) is 12.3. The van der Waals surface area contributed by atoms with Crippen LogP contribution >= 0.6 is 23.5 Å². The number of unbranched alkanes of at least 4 members (excludes halogenated alkanes) is 1. The third-order valence-corrected chi connectivity index (χ3v) is 19.5. The van der Waals surface area contributed by atoms with Gasteiger partial charge in [-0.25, -0.2) is 8.78 Å². The van der Waals surface area contributed by atoms with Crippen LogP contribution in [0.3, 0.4) is 0 Å². The van der Waals surface area contributed by atoms with Crippen molar-refractivity contribution in [2.24, 2.45) is 5.73 Å². The molecule has 0 radical (unpaired) electrons. The van der Waals surface area contributed by atoms with Crippen molar-refractivity contribution in [1.29, 1.82) is 0 Å². The smallest absolute Gasteiger partial charge is 0.246 e. The minimum Gasteiger partial charge on any atom is -0.497 e. The summed E-state index contributed by atoms with van der Waals surface area (Å²) in [5.41, 5.74) is 9.38. The Morgan fingerprint density at radius 3 is 2.10 bits per heavy atom. The molecule has 0 saturated carbocycles. The summed E-state index contributed by atoms with van der Waals surface area (Å²) < 4.78 is 34.7. The van der Waals surface area contributed by atoms with E-state index >= 15 is 9.59 Å². The van der Waals surface area contributed by atoms with Gasteiger partial charge in [-0.2, -0.15) is 23.5 Å². The van der Waals surface area contributed by atoms with Gasteiger partial charge < -0.3 is 67.5 Å². The van der Waals surface area contributed by atoms with Gasteiger partial charge in [-0.3, -0.25) is 43.2 Å². The van der Waals surface area contributed by atoms with Crippen molar-refractivity contribution in [3.8, 4) is 5.75 Å². The second-order valence-electron chi connectivity index (χ2n) is 24.4. The highest BCUT2D eigenvalue weighted by Gasteiger charge is 2.47. The largest absolute Gasteiger partial charge is 0.497 e. The lowest BCUT2D eigenvalue weighted by Gasteiger charge is -2.36. The summed E-state index contributed by atoms with van der Waals surface area (Å²) in [7, 11) is 1.54. The number of carbonyl (C=O) groups is 9. The fraction of sp³-hybridized carbons (Fsp3) is 0.456. The highest BCUT2D eigenvalue weighted by molar-refractivity contribution is 7.98. The molecule has 5 heterocycles. The molecule has 2 fully saturated rings. The lowest BCUT2D eigenvalue weighted by atomic mass is 9.96. The number of nitrogens with one attached hydrogen (secondary N) is 9. The molecule has 7 atom stereocenters. The van der Waals surface area contributed by atoms with Gasteiger partial charge in [0.25, 0.3) is 0 Å². The number of hydrogen-bond donors (Lipinski definition) is 10. The monoisotopic (exact) mass is 1330 g/mol. The summed E-state index contributed by atoms with van der Waals surface area (Å²) in [5, 5.41) is 20.8. The van der Waals surface area contributed by atoms with Gasteiger partial charge >= 0.3 is 0 Å². The Morgan fingerprint density at radius 2 is 1.34 bits per heavy atom. The van der Waals surface area contributed by atoms with Crippen LogP contribution < -0.4 is 47.7 Å². The van der Waals surface area contributed by atoms with E-state index in [1.807, 2.05) is 18.2 Å². The topological polar surface area (TPSA) is 311 Å². The number of halogens is 2. The van der Waals surface area contributed by atoms with Gasteiger partial charge in [0.15, 0.2) is 0 Å². The van der Waals surface area contributed by atoms with E-state index in [1.165, 1.54) is 55.3 Å². The Bertz CT molecular complexity index is 3700. The van der Waals surface area contributed by atoms with Crippen LogP contribution in [0.4, 0.5) is 8.78 Å². The number of thioether (sulfide) groups is 2. The molecule has 26 heteroatoms. The minimum atomic E-state index is -1.46. The van der Waals surface area contributed by atoms with Crippen LogP contribution in [0.5, 0.6) is 5.75 Å². The Labute approximate surface area is 553 Å². The van der Waals surface area contributed by atoms with Gasteiger partial charge in [0.1, 0.15) is 59.2 Å². The molecule has 2 aromatic heterocycles. The average Bonchev–Trinajstić information content (AvgIpc) is 1.60. The summed E-state index contributed by atoms with van der Waals surface area (Å²) in [5.74, 6) is -3.36. The van der Waals surface area contributed by atoms with Crippen molar-refractivity contribution in [3.05, 3.63) is 137 Å². The molecule has 502 valence electrons. The van der Waals surface area contributed by atoms with Crippen molar-refractivity contribution in [1.82, 2.24) is 57.0 Å². The third kappa shape index (κ3) is 18.5. The zero-order valence-corrected chi connectivity index (χ0v) is 54.8. The maximum Gasteiger partial charge on any atom is 0.246 e. The summed E-state index contributed by atoms with van der Waals surface area (Å²) in [6.45, 7) is 4.05. The van der Waals surface area contributed by atoms with Crippen molar-refractivity contribution in [2.45, 2.75) is 144 Å². The zero-order valence-electron chi connectivity index (χ0n) is 53.2.